The van der Waals surface area contributed by atoms with Crippen LogP contribution in [0, 0.1) is 5.82 Å². The minimum atomic E-state index is -1.06. The highest BCUT2D eigenvalue weighted by Crippen LogP contribution is 2.14. The Balaban J connectivity index is 2.93. The van der Waals surface area contributed by atoms with Gasteiger partial charge in [0.2, 0.25) is 0 Å². The summed E-state index contributed by atoms with van der Waals surface area (Å²) in [6.07, 6.45) is 2.34. The van der Waals surface area contributed by atoms with E-state index >= 15 is 0 Å². The van der Waals surface area contributed by atoms with Crippen molar-refractivity contribution in [3.8, 4) is 0 Å². The van der Waals surface area contributed by atoms with Crippen LogP contribution in [0.15, 0.2) is 24.3 Å². The van der Waals surface area contributed by atoms with Crippen LogP contribution in [0.4, 0.5) is 4.39 Å². The molecule has 0 fully saturated rings. The summed E-state index contributed by atoms with van der Waals surface area (Å²) in [5.41, 5.74) is 1.29. The van der Waals surface area contributed by atoms with Gasteiger partial charge in [-0.1, -0.05) is 6.07 Å². The highest BCUT2D eigenvalue weighted by Gasteiger charge is 2.02. The van der Waals surface area contributed by atoms with Crippen LogP contribution < -0.4 is 0 Å². The highest BCUT2D eigenvalue weighted by atomic mass is 19.1. The zero-order valence-electron chi connectivity index (χ0n) is 8.94. The highest BCUT2D eigenvalue weighted by molar-refractivity contribution is 5.85. The summed E-state index contributed by atoms with van der Waals surface area (Å²) in [5, 5.41) is 8.50. The van der Waals surface area contributed by atoms with E-state index in [1.54, 1.807) is 6.07 Å². The molecule has 0 aromatic heterocycles. The summed E-state index contributed by atoms with van der Waals surface area (Å²) in [5.74, 6) is -1.46. The van der Waals surface area contributed by atoms with Crippen LogP contribution in [0.25, 0.3) is 6.08 Å². The number of benzene rings is 1. The molecule has 4 heteroatoms. The molecule has 0 aliphatic carbocycles. The Hall–Kier alpha value is -1.68. The van der Waals surface area contributed by atoms with Crippen LogP contribution in [0.5, 0.6) is 0 Å². The van der Waals surface area contributed by atoms with Crippen molar-refractivity contribution in [2.75, 3.05) is 6.61 Å². The van der Waals surface area contributed by atoms with Crippen molar-refractivity contribution in [3.63, 3.8) is 0 Å². The van der Waals surface area contributed by atoms with E-state index < -0.39 is 11.8 Å². The molecule has 0 unspecified atom stereocenters. The molecular weight excluding hydrogens is 211 g/mol. The maximum Gasteiger partial charge on any atom is 0.328 e. The molecule has 0 spiro atoms. The Morgan fingerprint density at radius 3 is 2.94 bits per heavy atom. The van der Waals surface area contributed by atoms with E-state index in [4.69, 9.17) is 9.84 Å². The molecule has 0 aliphatic rings. The van der Waals surface area contributed by atoms with Crippen molar-refractivity contribution >= 4 is 12.0 Å². The molecule has 0 atom stereocenters. The monoisotopic (exact) mass is 224 g/mol. The Bertz CT molecular complexity index is 399. The fourth-order valence-electron chi connectivity index (χ4n) is 1.23. The third-order valence-corrected chi connectivity index (χ3v) is 1.98. The number of ether oxygens (including phenoxy) is 1. The van der Waals surface area contributed by atoms with Crippen molar-refractivity contribution in [3.05, 3.63) is 41.2 Å². The number of hydrogen-bond donors (Lipinski definition) is 1. The first kappa shape index (κ1) is 12.4. The van der Waals surface area contributed by atoms with Crippen LogP contribution in [-0.2, 0) is 16.1 Å². The second-order valence-corrected chi connectivity index (χ2v) is 3.15. The van der Waals surface area contributed by atoms with E-state index in [-0.39, 0.29) is 0 Å². The van der Waals surface area contributed by atoms with Crippen LogP contribution in [-0.4, -0.2) is 17.7 Å². The molecule has 0 saturated carbocycles. The van der Waals surface area contributed by atoms with Gasteiger partial charge in [0, 0.05) is 12.7 Å². The van der Waals surface area contributed by atoms with Crippen molar-refractivity contribution in [2.24, 2.45) is 0 Å². The second kappa shape index (κ2) is 6.02. The van der Waals surface area contributed by atoms with Gasteiger partial charge in [-0.2, -0.15) is 0 Å². The molecule has 1 rings (SSSR count). The molecule has 16 heavy (non-hydrogen) atoms. The lowest BCUT2D eigenvalue weighted by Gasteiger charge is -2.06. The van der Waals surface area contributed by atoms with Gasteiger partial charge in [0.05, 0.1) is 6.61 Å². The minimum absolute atomic E-state index is 0.343. The second-order valence-electron chi connectivity index (χ2n) is 3.15. The fraction of sp³-hybridized carbons (Fsp3) is 0.250. The van der Waals surface area contributed by atoms with Gasteiger partial charge in [-0.25, -0.2) is 9.18 Å². The summed E-state index contributed by atoms with van der Waals surface area (Å²) in [6, 6.07) is 4.20. The van der Waals surface area contributed by atoms with E-state index in [9.17, 15) is 9.18 Å². The van der Waals surface area contributed by atoms with Gasteiger partial charge >= 0.3 is 5.97 Å². The lowest BCUT2D eigenvalue weighted by Crippen LogP contribution is -1.96. The predicted molar refractivity (Wildman–Crippen MR) is 58.4 cm³/mol. The summed E-state index contributed by atoms with van der Waals surface area (Å²) >= 11 is 0. The maximum atomic E-state index is 13.0. The number of rotatable bonds is 5. The molecule has 0 saturated heterocycles. The average molecular weight is 224 g/mol. The summed E-state index contributed by atoms with van der Waals surface area (Å²) in [7, 11) is 0. The van der Waals surface area contributed by atoms with Crippen LogP contribution in [0.2, 0.25) is 0 Å². The third kappa shape index (κ3) is 3.82. The zero-order valence-corrected chi connectivity index (χ0v) is 8.94. The largest absolute Gasteiger partial charge is 0.478 e. The molecule has 1 aromatic carbocycles. The third-order valence-electron chi connectivity index (χ3n) is 1.98. The maximum absolute atomic E-state index is 13.0. The van der Waals surface area contributed by atoms with E-state index in [2.05, 4.69) is 0 Å². The van der Waals surface area contributed by atoms with Crippen molar-refractivity contribution in [2.45, 2.75) is 13.5 Å². The Morgan fingerprint density at radius 1 is 1.56 bits per heavy atom. The molecule has 0 bridgehead atoms. The van der Waals surface area contributed by atoms with E-state index in [1.807, 2.05) is 6.92 Å². The topological polar surface area (TPSA) is 46.5 Å². The SMILES string of the molecule is CCOCc1ccc(F)cc1/C=C/C(=O)O. The first-order chi connectivity index (χ1) is 7.63. The van der Waals surface area contributed by atoms with Gasteiger partial charge in [-0.15, -0.1) is 0 Å². The van der Waals surface area contributed by atoms with Crippen molar-refractivity contribution in [1.29, 1.82) is 0 Å². The molecule has 1 N–H and O–H groups in total. The molecule has 1 aromatic rings. The summed E-state index contributed by atoms with van der Waals surface area (Å²) < 4.78 is 18.2. The van der Waals surface area contributed by atoms with Crippen molar-refractivity contribution in [1.82, 2.24) is 0 Å². The number of hydrogen-bond acceptors (Lipinski definition) is 2. The van der Waals surface area contributed by atoms with Crippen molar-refractivity contribution < 1.29 is 19.0 Å². The minimum Gasteiger partial charge on any atom is -0.478 e. The molecular formula is C12H13FO3. The average Bonchev–Trinajstić information content (AvgIpc) is 2.25. The van der Waals surface area contributed by atoms with E-state index in [0.717, 1.165) is 11.6 Å². The Morgan fingerprint density at radius 2 is 2.31 bits per heavy atom. The zero-order chi connectivity index (χ0) is 12.0. The first-order valence-corrected chi connectivity index (χ1v) is 4.90. The molecule has 0 aliphatic heterocycles. The Kier molecular flexibility index (Phi) is 4.66. The lowest BCUT2D eigenvalue weighted by molar-refractivity contribution is -0.131. The molecule has 3 nitrogen and oxygen atoms in total. The molecule has 0 amide bonds. The standard InChI is InChI=1S/C12H13FO3/c1-2-16-8-10-3-5-11(13)7-9(10)4-6-12(14)15/h3-7H,2,8H2,1H3,(H,14,15)/b6-4+. The first-order valence-electron chi connectivity index (χ1n) is 4.90. The summed E-state index contributed by atoms with van der Waals surface area (Å²) in [4.78, 5) is 10.4. The van der Waals surface area contributed by atoms with Crippen LogP contribution in [0.3, 0.4) is 0 Å². The lowest BCUT2D eigenvalue weighted by atomic mass is 10.1. The normalized spacial score (nSPS) is 10.9. The number of carboxylic acid groups (broad SMARTS) is 1. The van der Waals surface area contributed by atoms with Gasteiger partial charge in [0.1, 0.15) is 5.82 Å². The molecule has 0 heterocycles. The van der Waals surface area contributed by atoms with E-state index in [0.29, 0.717) is 18.8 Å². The van der Waals surface area contributed by atoms with E-state index in [1.165, 1.54) is 18.2 Å². The van der Waals surface area contributed by atoms with Gasteiger partial charge < -0.3 is 9.84 Å². The number of carboxylic acids is 1. The Labute approximate surface area is 93.2 Å². The van der Waals surface area contributed by atoms with Gasteiger partial charge in [-0.3, -0.25) is 0 Å². The van der Waals surface area contributed by atoms with Gasteiger partial charge in [0.25, 0.3) is 0 Å². The summed E-state index contributed by atoms with van der Waals surface area (Å²) in [6.45, 7) is 2.76. The number of aliphatic carboxylic acids is 1. The predicted octanol–water partition coefficient (Wildman–Crippen LogP) is 2.46. The van der Waals surface area contributed by atoms with Gasteiger partial charge in [-0.05, 0) is 36.3 Å². The number of carbonyl (C=O) groups is 1. The quantitative estimate of drug-likeness (QED) is 0.781. The number of halogens is 1. The molecule has 0 radical (unpaired) electrons. The van der Waals surface area contributed by atoms with Gasteiger partial charge in [0.15, 0.2) is 0 Å². The van der Waals surface area contributed by atoms with Crippen LogP contribution >= 0.6 is 0 Å². The smallest absolute Gasteiger partial charge is 0.328 e. The molecule has 86 valence electrons. The fourth-order valence-corrected chi connectivity index (χ4v) is 1.23. The van der Waals surface area contributed by atoms with Crippen LogP contribution in [0.1, 0.15) is 18.1 Å².